The standard InChI is InChI=1S/C32H40N6O3/c1-5-41-31(40)20-37-12-10-25(11-13-37)35-32-36-27-8-7-24(18-33-26-15-21(2)14-22(3)16-26)17-29(27)38(32)19-28-30(39)9-6-23(4)34-28/h6-9,14-17,25,33,39H,5,10-13,18-20H2,1-4H3,(H,35,36). The molecule has 5 rings (SSSR count). The molecule has 0 spiro atoms. The smallest absolute Gasteiger partial charge is 0.320 e. The van der Waals surface area contributed by atoms with Gasteiger partial charge in [-0.05, 0) is 93.6 Å². The maximum Gasteiger partial charge on any atom is 0.320 e. The van der Waals surface area contributed by atoms with Gasteiger partial charge in [0.2, 0.25) is 5.95 Å². The number of hydrogen-bond donors (Lipinski definition) is 3. The SMILES string of the molecule is CCOC(=O)CN1CCC(Nc2nc3ccc(CNc4cc(C)cc(C)c4)cc3n2Cc2nc(C)ccc2O)CC1. The number of nitrogens with zero attached hydrogens (tertiary/aromatic N) is 4. The van der Waals surface area contributed by atoms with Gasteiger partial charge in [-0.2, -0.15) is 0 Å². The zero-order valence-corrected chi connectivity index (χ0v) is 24.4. The summed E-state index contributed by atoms with van der Waals surface area (Å²) >= 11 is 0. The third kappa shape index (κ3) is 7.16. The number of rotatable bonds is 10. The number of imidazole rings is 1. The van der Waals surface area contributed by atoms with Crippen LogP contribution in [0.25, 0.3) is 11.0 Å². The quantitative estimate of drug-likeness (QED) is 0.230. The van der Waals surface area contributed by atoms with E-state index < -0.39 is 0 Å². The largest absolute Gasteiger partial charge is 0.506 e. The van der Waals surface area contributed by atoms with Gasteiger partial charge in [-0.25, -0.2) is 4.98 Å². The number of hydrogen-bond acceptors (Lipinski definition) is 8. The fourth-order valence-electron chi connectivity index (χ4n) is 5.51. The van der Waals surface area contributed by atoms with E-state index in [9.17, 15) is 9.90 Å². The Hall–Kier alpha value is -4.11. The van der Waals surface area contributed by atoms with Gasteiger partial charge in [0.1, 0.15) is 11.4 Å². The second-order valence-electron chi connectivity index (χ2n) is 11.0. The number of fused-ring (bicyclic) bond motifs is 1. The van der Waals surface area contributed by atoms with Crippen molar-refractivity contribution in [2.75, 3.05) is 36.9 Å². The Bertz CT molecular complexity index is 1500. The van der Waals surface area contributed by atoms with Crippen LogP contribution in [0.2, 0.25) is 0 Å². The molecule has 1 aliphatic rings. The molecule has 0 bridgehead atoms. The first-order valence-electron chi connectivity index (χ1n) is 14.4. The highest BCUT2D eigenvalue weighted by Gasteiger charge is 2.23. The lowest BCUT2D eigenvalue weighted by atomic mass is 10.1. The summed E-state index contributed by atoms with van der Waals surface area (Å²) < 4.78 is 7.23. The van der Waals surface area contributed by atoms with Crippen molar-refractivity contribution < 1.29 is 14.6 Å². The van der Waals surface area contributed by atoms with Crippen LogP contribution >= 0.6 is 0 Å². The van der Waals surface area contributed by atoms with Gasteiger partial charge in [-0.15, -0.1) is 0 Å². The average Bonchev–Trinajstić information content (AvgIpc) is 3.26. The van der Waals surface area contributed by atoms with Gasteiger partial charge in [-0.1, -0.05) is 12.1 Å². The molecule has 216 valence electrons. The monoisotopic (exact) mass is 556 g/mol. The first kappa shape index (κ1) is 28.4. The molecule has 0 atom stereocenters. The lowest BCUT2D eigenvalue weighted by Crippen LogP contribution is -2.42. The highest BCUT2D eigenvalue weighted by molar-refractivity contribution is 5.80. The Balaban J connectivity index is 1.38. The second-order valence-corrected chi connectivity index (χ2v) is 11.0. The number of carbonyl (C=O) groups excluding carboxylic acids is 1. The number of piperidine rings is 1. The number of ether oxygens (including phenoxy) is 1. The maximum atomic E-state index is 11.9. The summed E-state index contributed by atoms with van der Waals surface area (Å²) in [7, 11) is 0. The highest BCUT2D eigenvalue weighted by atomic mass is 16.5. The van der Waals surface area contributed by atoms with Crippen LogP contribution in [-0.4, -0.2) is 62.8 Å². The minimum atomic E-state index is -0.172. The molecular weight excluding hydrogens is 516 g/mol. The van der Waals surface area contributed by atoms with E-state index >= 15 is 0 Å². The molecule has 9 nitrogen and oxygen atoms in total. The minimum absolute atomic E-state index is 0.170. The van der Waals surface area contributed by atoms with Gasteiger partial charge in [0.05, 0.1) is 30.7 Å². The number of anilines is 2. The van der Waals surface area contributed by atoms with Crippen LogP contribution in [0.3, 0.4) is 0 Å². The molecule has 0 saturated carbocycles. The number of pyridine rings is 1. The summed E-state index contributed by atoms with van der Waals surface area (Å²) in [5.41, 5.74) is 8.02. The molecule has 4 aromatic rings. The molecule has 0 radical (unpaired) electrons. The van der Waals surface area contributed by atoms with Crippen molar-refractivity contribution in [3.63, 3.8) is 0 Å². The van der Waals surface area contributed by atoms with Crippen LogP contribution in [0, 0.1) is 20.8 Å². The molecule has 9 heteroatoms. The fourth-order valence-corrected chi connectivity index (χ4v) is 5.51. The fraction of sp³-hybridized carbons (Fsp3) is 0.406. The second kappa shape index (κ2) is 12.6. The van der Waals surface area contributed by atoms with Crippen molar-refractivity contribution in [1.29, 1.82) is 0 Å². The summed E-state index contributed by atoms with van der Waals surface area (Å²) in [6.45, 7) is 11.4. The Morgan fingerprint density at radius 3 is 2.51 bits per heavy atom. The Kier molecular flexibility index (Phi) is 8.73. The van der Waals surface area contributed by atoms with Crippen molar-refractivity contribution in [3.8, 4) is 5.75 Å². The van der Waals surface area contributed by atoms with Gasteiger partial charge >= 0.3 is 5.97 Å². The molecule has 0 aliphatic carbocycles. The van der Waals surface area contributed by atoms with Crippen LogP contribution < -0.4 is 10.6 Å². The van der Waals surface area contributed by atoms with Crippen molar-refractivity contribution in [2.24, 2.45) is 0 Å². The summed E-state index contributed by atoms with van der Waals surface area (Å²) in [5.74, 6) is 0.753. The van der Waals surface area contributed by atoms with Crippen molar-refractivity contribution in [3.05, 3.63) is 76.6 Å². The molecular formula is C32H40N6O3. The summed E-state index contributed by atoms with van der Waals surface area (Å²) in [6.07, 6.45) is 1.78. The van der Waals surface area contributed by atoms with Crippen LogP contribution in [0.4, 0.5) is 11.6 Å². The first-order chi connectivity index (χ1) is 19.8. The van der Waals surface area contributed by atoms with Gasteiger partial charge in [0.15, 0.2) is 0 Å². The zero-order valence-electron chi connectivity index (χ0n) is 24.4. The minimum Gasteiger partial charge on any atom is -0.506 e. The van der Waals surface area contributed by atoms with Crippen LogP contribution in [0.1, 0.15) is 47.8 Å². The van der Waals surface area contributed by atoms with Gasteiger partial charge in [0, 0.05) is 37.1 Å². The number of aryl methyl sites for hydroxylation is 3. The number of nitrogens with one attached hydrogen (secondary N) is 2. The Morgan fingerprint density at radius 1 is 1.02 bits per heavy atom. The summed E-state index contributed by atoms with van der Waals surface area (Å²) in [6, 6.07) is 16.5. The topological polar surface area (TPSA) is 105 Å². The van der Waals surface area contributed by atoms with E-state index in [1.807, 2.05) is 19.9 Å². The molecule has 1 saturated heterocycles. The lowest BCUT2D eigenvalue weighted by Gasteiger charge is -2.31. The van der Waals surface area contributed by atoms with E-state index in [-0.39, 0.29) is 17.8 Å². The Labute approximate surface area is 241 Å². The first-order valence-corrected chi connectivity index (χ1v) is 14.4. The molecule has 1 fully saturated rings. The number of aromatic nitrogens is 3. The molecule has 41 heavy (non-hydrogen) atoms. The van der Waals surface area contributed by atoms with Crippen LogP contribution in [0.5, 0.6) is 5.75 Å². The molecule has 3 heterocycles. The van der Waals surface area contributed by atoms with E-state index in [0.717, 1.165) is 59.9 Å². The molecule has 1 aliphatic heterocycles. The van der Waals surface area contributed by atoms with Crippen LogP contribution in [-0.2, 0) is 22.6 Å². The molecule has 3 N–H and O–H groups in total. The molecule has 2 aromatic carbocycles. The third-order valence-electron chi connectivity index (χ3n) is 7.51. The zero-order chi connectivity index (χ0) is 28.9. The average molecular weight is 557 g/mol. The lowest BCUT2D eigenvalue weighted by molar-refractivity contribution is -0.144. The maximum absolute atomic E-state index is 11.9. The predicted molar refractivity (Wildman–Crippen MR) is 162 cm³/mol. The van der Waals surface area contributed by atoms with E-state index in [0.29, 0.717) is 31.9 Å². The highest BCUT2D eigenvalue weighted by Crippen LogP contribution is 2.27. The number of esters is 1. The van der Waals surface area contributed by atoms with Crippen molar-refractivity contribution in [1.82, 2.24) is 19.4 Å². The van der Waals surface area contributed by atoms with Crippen molar-refractivity contribution >= 4 is 28.6 Å². The molecule has 2 aromatic heterocycles. The number of aromatic hydroxyl groups is 1. The number of likely N-dealkylation sites (tertiary alicyclic amines) is 1. The van der Waals surface area contributed by atoms with E-state index in [4.69, 9.17) is 9.72 Å². The van der Waals surface area contributed by atoms with Gasteiger partial charge in [-0.3, -0.25) is 14.7 Å². The van der Waals surface area contributed by atoms with E-state index in [1.54, 1.807) is 6.07 Å². The summed E-state index contributed by atoms with van der Waals surface area (Å²) in [5, 5.41) is 17.8. The summed E-state index contributed by atoms with van der Waals surface area (Å²) in [4.78, 5) is 23.6. The molecule has 0 amide bonds. The van der Waals surface area contributed by atoms with E-state index in [1.165, 1.54) is 11.1 Å². The molecule has 0 unspecified atom stereocenters. The number of carbonyl (C=O) groups is 1. The van der Waals surface area contributed by atoms with Crippen molar-refractivity contribution in [2.45, 2.75) is 59.7 Å². The van der Waals surface area contributed by atoms with Gasteiger partial charge in [0.25, 0.3) is 0 Å². The normalized spacial score (nSPS) is 14.3. The van der Waals surface area contributed by atoms with Crippen LogP contribution in [0.15, 0.2) is 48.5 Å². The predicted octanol–water partition coefficient (Wildman–Crippen LogP) is 5.16. The van der Waals surface area contributed by atoms with Gasteiger partial charge < -0.3 is 25.0 Å². The number of benzene rings is 2. The van der Waals surface area contributed by atoms with E-state index in [2.05, 4.69) is 75.3 Å². The third-order valence-corrected chi connectivity index (χ3v) is 7.51. The Morgan fingerprint density at radius 2 is 1.78 bits per heavy atom.